The topological polar surface area (TPSA) is 45.1 Å². The Morgan fingerprint density at radius 1 is 0.270 bits per heavy atom. The van der Waals surface area contributed by atoms with E-state index in [-0.39, 0.29) is 48.9 Å². The fourth-order valence-corrected chi connectivity index (χ4v) is 19.0. The van der Waals surface area contributed by atoms with Crippen LogP contribution in [0, 0.1) is 11.3 Å². The second kappa shape index (κ2) is 28.0. The molecule has 6 nitrogen and oxygen atoms in total. The van der Waals surface area contributed by atoms with Gasteiger partial charge >= 0.3 is 0 Å². The first-order chi connectivity index (χ1) is 61.6. The van der Waals surface area contributed by atoms with Gasteiger partial charge in [0, 0.05) is 77.6 Å². The zero-order valence-corrected chi connectivity index (χ0v) is 73.1. The van der Waals surface area contributed by atoms with Crippen molar-refractivity contribution in [1.82, 2.24) is 13.7 Å². The highest BCUT2D eigenvalue weighted by atomic mass is 15.2. The second-order valence-electron chi connectivity index (χ2n) is 40.0. The van der Waals surface area contributed by atoms with E-state index in [9.17, 15) is 16.2 Å². The summed E-state index contributed by atoms with van der Waals surface area (Å²) in [6.45, 7) is 40.3. The van der Waals surface area contributed by atoms with Gasteiger partial charge in [-0.25, -0.2) is 0 Å². The smallest absolute Gasteiger partial charge is 0.252 e. The fourth-order valence-electron chi connectivity index (χ4n) is 19.0. The number of hydrogen-bond acceptors (Lipinski definition) is 3. The number of anilines is 6. The van der Waals surface area contributed by atoms with E-state index in [1.165, 1.54) is 11.1 Å². The third kappa shape index (κ3) is 12.7. The van der Waals surface area contributed by atoms with Gasteiger partial charge in [-0.1, -0.05) is 319 Å². The predicted octanol–water partition coefficient (Wildman–Crippen LogP) is 29.4. The van der Waals surface area contributed by atoms with Crippen LogP contribution in [0.2, 0.25) is 0 Å². The fraction of sp³-hybridized carbons (Fsp3) is 0.209. The van der Waals surface area contributed by atoms with Gasteiger partial charge in [-0.3, -0.25) is 0 Å². The summed E-state index contributed by atoms with van der Waals surface area (Å²) < 4.78 is 83.4. The lowest BCUT2D eigenvalue weighted by atomic mass is 9.33. The lowest BCUT2D eigenvalue weighted by molar-refractivity contribution is 0.569. The van der Waals surface area contributed by atoms with Crippen LogP contribution >= 0.6 is 0 Å². The van der Waals surface area contributed by atoms with Crippen LogP contribution < -0.4 is 26.2 Å². The quantitative estimate of drug-likeness (QED) is 0.135. The van der Waals surface area contributed by atoms with Crippen LogP contribution in [-0.4, -0.2) is 20.4 Å². The molecular formula is C115H105BN6. The van der Waals surface area contributed by atoms with Gasteiger partial charge in [0.2, 0.25) is 0 Å². The summed E-state index contributed by atoms with van der Waals surface area (Å²) in [6.07, 6.45) is 0. The number of para-hydroxylation sites is 4. The lowest BCUT2D eigenvalue weighted by Gasteiger charge is -2.46. The van der Waals surface area contributed by atoms with Crippen molar-refractivity contribution in [2.24, 2.45) is 0 Å². The molecule has 0 saturated carbocycles. The minimum Gasteiger partial charge on any atom is -0.310 e. The van der Waals surface area contributed by atoms with Crippen molar-refractivity contribution < 1.29 is 11.0 Å². The van der Waals surface area contributed by atoms with Crippen LogP contribution in [0.1, 0.15) is 175 Å². The molecule has 20 rings (SSSR count). The van der Waals surface area contributed by atoms with E-state index in [0.717, 1.165) is 155 Å². The van der Waals surface area contributed by atoms with Gasteiger partial charge in [0.15, 0.2) is 0 Å². The molecule has 0 spiro atoms. The largest absolute Gasteiger partial charge is 0.310 e. The molecule has 0 unspecified atom stereocenters. The average molecular weight is 1590 g/mol. The zero-order valence-electron chi connectivity index (χ0n) is 81.1. The Morgan fingerprint density at radius 3 is 1.20 bits per heavy atom. The number of rotatable bonds is 9. The number of fused-ring (bicyclic) bond motifs is 13. The maximum absolute atomic E-state index is 13.1. The molecule has 0 amide bonds. The van der Waals surface area contributed by atoms with Gasteiger partial charge in [0.1, 0.15) is 11.6 Å². The maximum Gasteiger partial charge on any atom is 0.252 e. The van der Waals surface area contributed by atoms with Gasteiger partial charge in [-0.15, -0.1) is 0 Å². The Balaban J connectivity index is 1.02. The molecule has 0 bridgehead atoms. The third-order valence-electron chi connectivity index (χ3n) is 25.8. The first-order valence-corrected chi connectivity index (χ1v) is 42.9. The average Bonchev–Trinajstić information content (AvgIpc) is 1.63. The summed E-state index contributed by atoms with van der Waals surface area (Å²) in [7, 11) is 0. The molecule has 5 heterocycles. The summed E-state index contributed by atoms with van der Waals surface area (Å²) >= 11 is 0. The monoisotopic (exact) mass is 1590 g/mol. The van der Waals surface area contributed by atoms with Gasteiger partial charge < -0.3 is 23.5 Å². The Morgan fingerprint density at radius 2 is 0.680 bits per heavy atom. The molecule has 3 aromatic heterocycles. The molecule has 0 N–H and O–H groups in total. The van der Waals surface area contributed by atoms with Crippen LogP contribution in [-0.2, 0) is 32.5 Å². The standard InChI is InChI=1S/C115H105BN6/c1-110(2,3)77-48-54-100-91(62-77)92-63-78(111(4,5)6)49-55-101(92)119(100)84-51-53-95-105(69-84)122(109-89(72-36-23-20-24-37-72)64-81(114(13,14)15)65-90(109)74-39-33-38-73(56-74)71-34-21-19-22-35-71)107-60-76(75-57-79(112(7,8)9)61-80(58-75)113(10,11)12)59-106-108(107)116(95)94-52-50-83(118-96-44-29-25-40-85(96)86-41-26-30-45-97(86)118)68-104(94)121(106)103-67-82(115(16,17)18)66-102(93(103)70-117)120-98-46-31-27-42-87(98)88-43-28-32-47-99(88)120/h19-69H,1-18H3/i25D,26D,29D,30D,40D,41D,44D,45D. The van der Waals surface area contributed by atoms with E-state index in [4.69, 9.17) is 0 Å². The van der Waals surface area contributed by atoms with Gasteiger partial charge in [-0.2, -0.15) is 5.26 Å². The number of benzene rings is 15. The Labute approximate surface area is 730 Å². The predicted molar refractivity (Wildman–Crippen MR) is 522 cm³/mol. The Kier molecular flexibility index (Phi) is 15.7. The van der Waals surface area contributed by atoms with Crippen molar-refractivity contribution in [3.63, 3.8) is 0 Å². The molecule has 7 heteroatoms. The minimum absolute atomic E-state index is 0.00734. The summed E-state index contributed by atoms with van der Waals surface area (Å²) in [4.78, 5) is 4.91. The van der Waals surface area contributed by atoms with E-state index in [1.807, 2.05) is 12.1 Å². The molecule has 0 saturated heterocycles. The summed E-state index contributed by atoms with van der Waals surface area (Å²) in [5.74, 6) is 0. The molecular weight excluding hydrogens is 1480 g/mol. The van der Waals surface area contributed by atoms with Crippen molar-refractivity contribution in [1.29, 1.82) is 5.26 Å². The number of aromatic nitrogens is 3. The third-order valence-corrected chi connectivity index (χ3v) is 25.8. The molecule has 0 atom stereocenters. The molecule has 0 radical (unpaired) electrons. The first kappa shape index (κ1) is 68.6. The lowest BCUT2D eigenvalue weighted by Crippen LogP contribution is -2.61. The van der Waals surface area contributed by atoms with Crippen molar-refractivity contribution in [3.8, 4) is 67.6 Å². The molecule has 122 heavy (non-hydrogen) atoms. The molecule has 598 valence electrons. The number of nitriles is 1. The van der Waals surface area contributed by atoms with E-state index >= 15 is 0 Å². The van der Waals surface area contributed by atoms with E-state index < -0.39 is 60.5 Å². The number of hydrogen-bond donors (Lipinski definition) is 0. The molecule has 0 aliphatic carbocycles. The Bertz CT molecular complexity index is 7680. The highest BCUT2D eigenvalue weighted by molar-refractivity contribution is 7.00. The minimum atomic E-state index is -0.646. The van der Waals surface area contributed by atoms with E-state index in [1.54, 1.807) is 4.57 Å². The number of nitrogens with zero attached hydrogens (tertiary/aromatic N) is 6. The van der Waals surface area contributed by atoms with Gasteiger partial charge in [0.05, 0.1) is 61.1 Å². The highest BCUT2D eigenvalue weighted by Gasteiger charge is 2.47. The molecule has 0 fully saturated rings. The van der Waals surface area contributed by atoms with Crippen LogP contribution in [0.3, 0.4) is 0 Å². The molecule has 15 aromatic carbocycles. The highest BCUT2D eigenvalue weighted by Crippen LogP contribution is 2.56. The van der Waals surface area contributed by atoms with Gasteiger partial charge in [0.25, 0.3) is 6.71 Å². The van der Waals surface area contributed by atoms with E-state index in [2.05, 4.69) is 398 Å². The molecule has 2 aliphatic rings. The second-order valence-corrected chi connectivity index (χ2v) is 40.0. The van der Waals surface area contributed by atoms with Gasteiger partial charge in [-0.05, 0) is 231 Å². The normalized spacial score (nSPS) is 14.2. The van der Waals surface area contributed by atoms with E-state index in [0.29, 0.717) is 28.3 Å². The summed E-state index contributed by atoms with van der Waals surface area (Å²) in [6, 6.07) is 95.0. The van der Waals surface area contributed by atoms with Crippen molar-refractivity contribution in [2.75, 3.05) is 9.80 Å². The van der Waals surface area contributed by atoms with Crippen molar-refractivity contribution >= 4 is 123 Å². The van der Waals surface area contributed by atoms with Crippen LogP contribution in [0.15, 0.2) is 309 Å². The van der Waals surface area contributed by atoms with Crippen LogP contribution in [0.5, 0.6) is 0 Å². The summed E-state index contributed by atoms with van der Waals surface area (Å²) in [5, 5.41) is 17.4. The Hall–Kier alpha value is -13.1. The van der Waals surface area contributed by atoms with Crippen LogP contribution in [0.25, 0.3) is 127 Å². The van der Waals surface area contributed by atoms with Crippen molar-refractivity contribution in [2.45, 2.75) is 157 Å². The molecule has 2 aliphatic heterocycles. The van der Waals surface area contributed by atoms with Crippen LogP contribution in [0.4, 0.5) is 34.1 Å². The zero-order chi connectivity index (χ0) is 91.7. The first-order valence-electron chi connectivity index (χ1n) is 46.9. The summed E-state index contributed by atoms with van der Waals surface area (Å²) in [5.41, 5.74) is 26.7. The molecule has 18 aromatic rings. The maximum atomic E-state index is 13.1. The van der Waals surface area contributed by atoms with Crippen molar-refractivity contribution in [3.05, 3.63) is 348 Å². The SMILES string of the molecule is [2H]c1c([2H])c([2H])c2c(c1[2H])c1c([2H])c([2H])c([2H])c([2H])c1n2-c1ccc2c(c1)N(c1cc(C(C)(C)C)cc(-n3c4ccccc4c4ccccc43)c1C#N)c1cc(-c3cc(C(C)(C)C)cc(C(C)(C)C)c3)cc3c1B2c1ccc(-n2c4ccc(C(C)(C)C)cc4c4cc(C(C)(C)C)ccc42)cc1N3c1c(-c2ccccc2)cc(C(C)(C)C)cc1-c1cccc(-c2ccccc2)c1.